The molecule has 1 N–H and O–H groups in total. The number of ether oxygens (including phenoxy) is 4. The van der Waals surface area contributed by atoms with Crippen molar-refractivity contribution in [3.05, 3.63) is 47.5 Å². The van der Waals surface area contributed by atoms with Gasteiger partial charge in [0.05, 0.1) is 19.9 Å². The SMILES string of the molecule is COc1ccc(NC(=O)COC(=O)COc2ccc(C)cc2C)c(OC)c1. The molecule has 2 rings (SSSR count). The number of aryl methyl sites for hydroxylation is 2. The molecule has 7 nitrogen and oxygen atoms in total. The van der Waals surface area contributed by atoms with Crippen LogP contribution in [0.25, 0.3) is 0 Å². The number of hydrogen-bond donors (Lipinski definition) is 1. The lowest BCUT2D eigenvalue weighted by molar-refractivity contribution is -0.149. The Morgan fingerprint density at radius 1 is 0.926 bits per heavy atom. The predicted octanol–water partition coefficient (Wildman–Crippen LogP) is 2.88. The van der Waals surface area contributed by atoms with E-state index < -0.39 is 18.5 Å². The molecule has 0 spiro atoms. The number of carbonyl (C=O) groups is 2. The normalized spacial score (nSPS) is 10.1. The maximum absolute atomic E-state index is 12.0. The summed E-state index contributed by atoms with van der Waals surface area (Å²) in [7, 11) is 3.02. The standard InChI is InChI=1S/C20H23NO6/c1-13-5-8-17(14(2)9-13)26-12-20(23)27-11-19(22)21-16-7-6-15(24-3)10-18(16)25-4/h5-10H,11-12H2,1-4H3,(H,21,22). The molecule has 0 saturated heterocycles. The Bertz CT molecular complexity index is 818. The molecule has 27 heavy (non-hydrogen) atoms. The monoisotopic (exact) mass is 373 g/mol. The van der Waals surface area contributed by atoms with Crippen LogP contribution in [0.4, 0.5) is 5.69 Å². The molecule has 0 aromatic heterocycles. The third kappa shape index (κ3) is 5.91. The van der Waals surface area contributed by atoms with E-state index in [1.165, 1.54) is 14.2 Å². The average Bonchev–Trinajstić information content (AvgIpc) is 2.66. The second kappa shape index (κ2) is 9.47. The number of carbonyl (C=O) groups excluding carboxylic acids is 2. The molecule has 0 heterocycles. The van der Waals surface area contributed by atoms with Crippen LogP contribution >= 0.6 is 0 Å². The number of hydrogen-bond acceptors (Lipinski definition) is 6. The molecule has 0 radical (unpaired) electrons. The van der Waals surface area contributed by atoms with Gasteiger partial charge in [0, 0.05) is 6.07 Å². The lowest BCUT2D eigenvalue weighted by atomic mass is 10.1. The first-order valence-electron chi connectivity index (χ1n) is 8.30. The Kier molecular flexibility index (Phi) is 7.05. The quantitative estimate of drug-likeness (QED) is 0.717. The lowest BCUT2D eigenvalue weighted by Gasteiger charge is -2.12. The van der Waals surface area contributed by atoms with Crippen LogP contribution in [-0.4, -0.2) is 39.3 Å². The highest BCUT2D eigenvalue weighted by Gasteiger charge is 2.12. The molecule has 1 amide bonds. The molecule has 7 heteroatoms. The number of nitrogens with one attached hydrogen (secondary N) is 1. The van der Waals surface area contributed by atoms with Gasteiger partial charge in [-0.3, -0.25) is 4.79 Å². The summed E-state index contributed by atoms with van der Waals surface area (Å²) < 4.78 is 20.7. The van der Waals surface area contributed by atoms with Gasteiger partial charge in [0.25, 0.3) is 5.91 Å². The molecule has 0 bridgehead atoms. The third-order valence-corrected chi connectivity index (χ3v) is 3.72. The second-order valence-corrected chi connectivity index (χ2v) is 5.83. The van der Waals surface area contributed by atoms with Crippen molar-refractivity contribution < 1.29 is 28.5 Å². The van der Waals surface area contributed by atoms with E-state index in [2.05, 4.69) is 5.32 Å². The molecule has 2 aromatic rings. The Morgan fingerprint density at radius 2 is 1.70 bits per heavy atom. The summed E-state index contributed by atoms with van der Waals surface area (Å²) in [6, 6.07) is 10.6. The van der Waals surface area contributed by atoms with E-state index in [9.17, 15) is 9.59 Å². The van der Waals surface area contributed by atoms with Gasteiger partial charge in [-0.2, -0.15) is 0 Å². The number of benzene rings is 2. The molecule has 0 aliphatic heterocycles. The predicted molar refractivity (Wildman–Crippen MR) is 101 cm³/mol. The van der Waals surface area contributed by atoms with E-state index in [-0.39, 0.29) is 6.61 Å². The van der Waals surface area contributed by atoms with E-state index in [4.69, 9.17) is 18.9 Å². The van der Waals surface area contributed by atoms with Crippen molar-refractivity contribution in [3.63, 3.8) is 0 Å². The number of esters is 1. The van der Waals surface area contributed by atoms with Crippen molar-refractivity contribution >= 4 is 17.6 Å². The fourth-order valence-electron chi connectivity index (χ4n) is 2.37. The summed E-state index contributed by atoms with van der Waals surface area (Å²) >= 11 is 0. The molecule has 144 valence electrons. The largest absolute Gasteiger partial charge is 0.497 e. The van der Waals surface area contributed by atoms with Gasteiger partial charge >= 0.3 is 5.97 Å². The fourth-order valence-corrected chi connectivity index (χ4v) is 2.37. The molecule has 0 atom stereocenters. The van der Waals surface area contributed by atoms with Crippen molar-refractivity contribution in [3.8, 4) is 17.2 Å². The van der Waals surface area contributed by atoms with Gasteiger partial charge in [-0.25, -0.2) is 4.79 Å². The highest BCUT2D eigenvalue weighted by atomic mass is 16.6. The van der Waals surface area contributed by atoms with Gasteiger partial charge in [0.1, 0.15) is 17.2 Å². The molecular weight excluding hydrogens is 350 g/mol. The molecule has 2 aromatic carbocycles. The van der Waals surface area contributed by atoms with E-state index >= 15 is 0 Å². The van der Waals surface area contributed by atoms with Crippen LogP contribution in [0.15, 0.2) is 36.4 Å². The number of rotatable bonds is 8. The Labute approximate surface area is 158 Å². The summed E-state index contributed by atoms with van der Waals surface area (Å²) in [6.45, 7) is 3.16. The molecule has 0 unspecified atom stereocenters. The van der Waals surface area contributed by atoms with Crippen molar-refractivity contribution in [2.45, 2.75) is 13.8 Å². The first kappa shape index (κ1) is 20.1. The van der Waals surface area contributed by atoms with E-state index in [0.717, 1.165) is 11.1 Å². The summed E-state index contributed by atoms with van der Waals surface area (Å²) in [5.74, 6) is 0.516. The summed E-state index contributed by atoms with van der Waals surface area (Å²) in [6.07, 6.45) is 0. The van der Waals surface area contributed by atoms with E-state index in [1.807, 2.05) is 26.0 Å². The van der Waals surface area contributed by atoms with E-state index in [1.54, 1.807) is 24.3 Å². The van der Waals surface area contributed by atoms with Gasteiger partial charge in [0.2, 0.25) is 0 Å². The van der Waals surface area contributed by atoms with Crippen LogP contribution in [0.5, 0.6) is 17.2 Å². The Hall–Kier alpha value is -3.22. The summed E-state index contributed by atoms with van der Waals surface area (Å²) in [5.41, 5.74) is 2.48. The first-order valence-corrected chi connectivity index (χ1v) is 8.30. The Balaban J connectivity index is 1.82. The second-order valence-electron chi connectivity index (χ2n) is 5.83. The molecule has 0 aliphatic carbocycles. The van der Waals surface area contributed by atoms with Gasteiger partial charge in [-0.1, -0.05) is 17.7 Å². The minimum atomic E-state index is -0.633. The van der Waals surface area contributed by atoms with Crippen molar-refractivity contribution in [1.29, 1.82) is 0 Å². The van der Waals surface area contributed by atoms with Crippen LogP contribution in [0.1, 0.15) is 11.1 Å². The molecule has 0 fully saturated rings. The van der Waals surface area contributed by atoms with Crippen LogP contribution < -0.4 is 19.5 Å². The lowest BCUT2D eigenvalue weighted by Crippen LogP contribution is -2.24. The van der Waals surface area contributed by atoms with Crippen LogP contribution in [0.2, 0.25) is 0 Å². The van der Waals surface area contributed by atoms with Crippen LogP contribution in [-0.2, 0) is 14.3 Å². The minimum absolute atomic E-state index is 0.275. The fraction of sp³-hybridized carbons (Fsp3) is 0.300. The zero-order valence-corrected chi connectivity index (χ0v) is 15.8. The zero-order valence-electron chi connectivity index (χ0n) is 15.8. The molecule has 0 aliphatic rings. The highest BCUT2D eigenvalue weighted by molar-refractivity contribution is 5.94. The number of anilines is 1. The van der Waals surface area contributed by atoms with Crippen molar-refractivity contribution in [1.82, 2.24) is 0 Å². The molecule has 0 saturated carbocycles. The maximum atomic E-state index is 12.0. The van der Waals surface area contributed by atoms with Crippen molar-refractivity contribution in [2.75, 3.05) is 32.8 Å². The van der Waals surface area contributed by atoms with Gasteiger partial charge in [-0.15, -0.1) is 0 Å². The molecular formula is C20H23NO6. The van der Waals surface area contributed by atoms with E-state index in [0.29, 0.717) is 22.9 Å². The van der Waals surface area contributed by atoms with Gasteiger partial charge in [-0.05, 0) is 37.6 Å². The Morgan fingerprint density at radius 3 is 2.37 bits per heavy atom. The highest BCUT2D eigenvalue weighted by Crippen LogP contribution is 2.28. The van der Waals surface area contributed by atoms with Crippen molar-refractivity contribution in [2.24, 2.45) is 0 Å². The topological polar surface area (TPSA) is 83.1 Å². The zero-order chi connectivity index (χ0) is 19.8. The summed E-state index contributed by atoms with van der Waals surface area (Å²) in [5, 5.41) is 2.62. The number of amides is 1. The van der Waals surface area contributed by atoms with Gasteiger partial charge < -0.3 is 24.3 Å². The third-order valence-electron chi connectivity index (χ3n) is 3.72. The maximum Gasteiger partial charge on any atom is 0.344 e. The number of methoxy groups -OCH3 is 2. The van der Waals surface area contributed by atoms with Crippen LogP contribution in [0, 0.1) is 13.8 Å². The first-order chi connectivity index (χ1) is 12.9. The average molecular weight is 373 g/mol. The summed E-state index contributed by atoms with van der Waals surface area (Å²) in [4.78, 5) is 23.8. The van der Waals surface area contributed by atoms with Gasteiger partial charge in [0.15, 0.2) is 13.2 Å². The van der Waals surface area contributed by atoms with Crippen LogP contribution in [0.3, 0.4) is 0 Å². The smallest absolute Gasteiger partial charge is 0.344 e. The minimum Gasteiger partial charge on any atom is -0.497 e.